The highest BCUT2D eigenvalue weighted by Crippen LogP contribution is 2.37. The van der Waals surface area contributed by atoms with Gasteiger partial charge >= 0.3 is 0 Å². The molecule has 0 spiro atoms. The maximum Gasteiger partial charge on any atom is 0.104 e. The monoisotopic (exact) mass is 421 g/mol. The number of benzene rings is 1. The fourth-order valence-corrected chi connectivity index (χ4v) is 5.19. The Morgan fingerprint density at radius 2 is 1.77 bits per heavy atom. The Kier molecular flexibility index (Phi) is 6.91. The molecule has 5 heteroatoms. The third-order valence-corrected chi connectivity index (χ3v) is 6.80. The molecule has 0 radical (unpaired) electrons. The van der Waals surface area contributed by atoms with Crippen molar-refractivity contribution in [1.82, 2.24) is 20.0 Å². The van der Waals surface area contributed by atoms with Crippen LogP contribution in [0.25, 0.3) is 5.70 Å². The second kappa shape index (κ2) is 9.82. The van der Waals surface area contributed by atoms with Crippen molar-refractivity contribution in [2.45, 2.75) is 45.7 Å². The van der Waals surface area contributed by atoms with Crippen molar-refractivity contribution in [2.24, 2.45) is 0 Å². The molecule has 2 atom stereocenters. The molecular formula is C26H39N5. The minimum atomic E-state index is 0.246. The second-order valence-electron chi connectivity index (χ2n) is 8.76. The van der Waals surface area contributed by atoms with Crippen LogP contribution in [0, 0.1) is 0 Å². The zero-order valence-electron chi connectivity index (χ0n) is 19.7. The van der Waals surface area contributed by atoms with Crippen molar-refractivity contribution in [3.8, 4) is 0 Å². The molecule has 0 saturated carbocycles. The summed E-state index contributed by atoms with van der Waals surface area (Å²) in [4.78, 5) is 7.52. The van der Waals surface area contributed by atoms with Crippen molar-refractivity contribution in [3.05, 3.63) is 59.5 Å². The van der Waals surface area contributed by atoms with E-state index in [1.54, 1.807) is 0 Å². The maximum atomic E-state index is 3.80. The minimum absolute atomic E-state index is 0.246. The number of anilines is 1. The van der Waals surface area contributed by atoms with E-state index in [4.69, 9.17) is 0 Å². The van der Waals surface area contributed by atoms with E-state index in [2.05, 4.69) is 81.8 Å². The van der Waals surface area contributed by atoms with Crippen LogP contribution in [-0.4, -0.2) is 73.1 Å². The smallest absolute Gasteiger partial charge is 0.104 e. The largest absolute Gasteiger partial charge is 0.374 e. The zero-order chi connectivity index (χ0) is 21.8. The number of likely N-dealkylation sites (N-methyl/N-ethyl adjacent to an activating group) is 1. The SMILES string of the molecule is CC.CC1CCCN1C1=CC(C2=CC=C(N3CCNCC3)N(C)C2)Nc2ccccc21. The van der Waals surface area contributed by atoms with Crippen LogP contribution in [0.3, 0.4) is 0 Å². The van der Waals surface area contributed by atoms with Crippen molar-refractivity contribution in [1.29, 1.82) is 0 Å². The molecule has 2 saturated heterocycles. The highest BCUT2D eigenvalue weighted by atomic mass is 15.3. The predicted molar refractivity (Wildman–Crippen MR) is 132 cm³/mol. The number of nitrogens with one attached hydrogen (secondary N) is 2. The third kappa shape index (κ3) is 4.47. The van der Waals surface area contributed by atoms with Crippen molar-refractivity contribution >= 4 is 11.4 Å². The Hall–Kier alpha value is -2.40. The van der Waals surface area contributed by atoms with Crippen molar-refractivity contribution in [3.63, 3.8) is 0 Å². The van der Waals surface area contributed by atoms with Gasteiger partial charge in [0.15, 0.2) is 0 Å². The van der Waals surface area contributed by atoms with Gasteiger partial charge in [0.25, 0.3) is 0 Å². The molecule has 2 fully saturated rings. The minimum Gasteiger partial charge on any atom is -0.374 e. The summed E-state index contributed by atoms with van der Waals surface area (Å²) in [5.41, 5.74) is 5.45. The molecule has 1 aromatic carbocycles. The lowest BCUT2D eigenvalue weighted by Gasteiger charge is -2.40. The Labute approximate surface area is 188 Å². The molecule has 1 aromatic rings. The van der Waals surface area contributed by atoms with Crippen LogP contribution in [0.15, 0.2) is 53.9 Å². The molecule has 4 aliphatic heterocycles. The first-order valence-electron chi connectivity index (χ1n) is 12.1. The van der Waals surface area contributed by atoms with Gasteiger partial charge in [0.2, 0.25) is 0 Å². The number of rotatable bonds is 3. The van der Waals surface area contributed by atoms with Gasteiger partial charge in [-0.15, -0.1) is 0 Å². The van der Waals surface area contributed by atoms with Crippen LogP contribution >= 0.6 is 0 Å². The number of allylic oxidation sites excluding steroid dienone is 2. The molecule has 0 aromatic heterocycles. The van der Waals surface area contributed by atoms with Gasteiger partial charge in [0.1, 0.15) is 5.82 Å². The quantitative estimate of drug-likeness (QED) is 0.772. The first-order chi connectivity index (χ1) is 15.2. The lowest BCUT2D eigenvalue weighted by Crippen LogP contribution is -2.47. The fraction of sp³-hybridized carbons (Fsp3) is 0.538. The normalized spacial score (nSPS) is 25.5. The first-order valence-corrected chi connectivity index (χ1v) is 12.1. The summed E-state index contributed by atoms with van der Waals surface area (Å²) in [6.07, 6.45) is 9.72. The van der Waals surface area contributed by atoms with E-state index in [1.807, 2.05) is 13.8 Å². The van der Waals surface area contributed by atoms with Gasteiger partial charge in [-0.3, -0.25) is 0 Å². The number of nitrogens with zero attached hydrogens (tertiary/aromatic N) is 3. The first kappa shape index (κ1) is 21.8. The van der Waals surface area contributed by atoms with E-state index in [1.165, 1.54) is 47.7 Å². The van der Waals surface area contributed by atoms with Crippen LogP contribution in [0.4, 0.5) is 5.69 Å². The summed E-state index contributed by atoms with van der Waals surface area (Å²) >= 11 is 0. The van der Waals surface area contributed by atoms with E-state index < -0.39 is 0 Å². The van der Waals surface area contributed by atoms with E-state index in [-0.39, 0.29) is 6.04 Å². The number of para-hydroxylation sites is 1. The molecule has 4 heterocycles. The zero-order valence-corrected chi connectivity index (χ0v) is 19.7. The summed E-state index contributed by atoms with van der Waals surface area (Å²) < 4.78 is 0. The molecule has 4 aliphatic rings. The average molecular weight is 422 g/mol. The number of likely N-dealkylation sites (tertiary alicyclic amines) is 1. The molecule has 168 valence electrons. The van der Waals surface area contributed by atoms with E-state index in [0.29, 0.717) is 6.04 Å². The van der Waals surface area contributed by atoms with Gasteiger partial charge in [0, 0.05) is 69.3 Å². The Balaban J connectivity index is 0.00000112. The Morgan fingerprint density at radius 1 is 1.00 bits per heavy atom. The van der Waals surface area contributed by atoms with Gasteiger partial charge in [-0.05, 0) is 43.6 Å². The number of fused-ring (bicyclic) bond motifs is 1. The Morgan fingerprint density at radius 3 is 2.48 bits per heavy atom. The number of hydrogen-bond donors (Lipinski definition) is 2. The predicted octanol–water partition coefficient (Wildman–Crippen LogP) is 3.95. The van der Waals surface area contributed by atoms with Crippen molar-refractivity contribution in [2.75, 3.05) is 51.6 Å². The molecule has 5 rings (SSSR count). The highest BCUT2D eigenvalue weighted by molar-refractivity contribution is 5.80. The summed E-state index contributed by atoms with van der Waals surface area (Å²) in [6, 6.07) is 9.66. The standard InChI is InChI=1S/C24H33N5.C2H6/c1-18-6-5-13-29(18)23-16-22(26-21-8-4-3-7-20(21)23)19-9-10-24(27(2)17-19)28-14-11-25-12-15-28;1-2/h3-4,7-10,16,18,22,25-26H,5-6,11-15,17H2,1-2H3;1-2H3. The highest BCUT2D eigenvalue weighted by Gasteiger charge is 2.30. The molecular weight excluding hydrogens is 382 g/mol. The summed E-state index contributed by atoms with van der Waals surface area (Å²) in [5, 5.41) is 7.25. The summed E-state index contributed by atoms with van der Waals surface area (Å²) in [7, 11) is 2.23. The maximum absolute atomic E-state index is 3.80. The van der Waals surface area contributed by atoms with Gasteiger partial charge in [-0.1, -0.05) is 38.1 Å². The number of piperazine rings is 1. The van der Waals surface area contributed by atoms with Crippen LogP contribution < -0.4 is 10.6 Å². The lowest BCUT2D eigenvalue weighted by molar-refractivity contribution is 0.217. The second-order valence-corrected chi connectivity index (χ2v) is 8.76. The summed E-state index contributed by atoms with van der Waals surface area (Å²) in [6.45, 7) is 12.8. The third-order valence-electron chi connectivity index (χ3n) is 6.80. The van der Waals surface area contributed by atoms with E-state index in [0.717, 1.165) is 32.7 Å². The molecule has 2 N–H and O–H groups in total. The van der Waals surface area contributed by atoms with Crippen LogP contribution in [0.2, 0.25) is 0 Å². The molecule has 0 bridgehead atoms. The topological polar surface area (TPSA) is 33.8 Å². The fourth-order valence-electron chi connectivity index (χ4n) is 5.19. The van der Waals surface area contributed by atoms with Gasteiger partial charge in [-0.2, -0.15) is 0 Å². The molecule has 31 heavy (non-hydrogen) atoms. The van der Waals surface area contributed by atoms with Crippen molar-refractivity contribution < 1.29 is 0 Å². The van der Waals surface area contributed by atoms with Gasteiger partial charge in [0.05, 0.1) is 6.04 Å². The van der Waals surface area contributed by atoms with E-state index in [9.17, 15) is 0 Å². The lowest BCUT2D eigenvalue weighted by atomic mass is 9.94. The van der Waals surface area contributed by atoms with Crippen LogP contribution in [-0.2, 0) is 0 Å². The van der Waals surface area contributed by atoms with Crippen LogP contribution in [0.1, 0.15) is 39.2 Å². The van der Waals surface area contributed by atoms with Gasteiger partial charge < -0.3 is 25.3 Å². The van der Waals surface area contributed by atoms with Gasteiger partial charge in [-0.25, -0.2) is 0 Å². The number of hydrogen-bond acceptors (Lipinski definition) is 5. The molecule has 0 aliphatic carbocycles. The summed E-state index contributed by atoms with van der Waals surface area (Å²) in [5.74, 6) is 1.35. The van der Waals surface area contributed by atoms with Crippen LogP contribution in [0.5, 0.6) is 0 Å². The molecule has 2 unspecified atom stereocenters. The molecule has 0 amide bonds. The molecule has 5 nitrogen and oxygen atoms in total. The average Bonchev–Trinajstić information content (AvgIpc) is 3.25. The Bertz CT molecular complexity index is 849. The van der Waals surface area contributed by atoms with E-state index >= 15 is 0 Å².